The van der Waals surface area contributed by atoms with Crippen molar-refractivity contribution in [2.75, 3.05) is 0 Å². The molecule has 96 valence electrons. The van der Waals surface area contributed by atoms with Gasteiger partial charge in [0.1, 0.15) is 8.07 Å². The van der Waals surface area contributed by atoms with E-state index in [1.165, 1.54) is 11.0 Å². The van der Waals surface area contributed by atoms with Gasteiger partial charge in [-0.25, -0.2) is 4.99 Å². The first-order valence-corrected chi connectivity index (χ1v) is 9.45. The first-order chi connectivity index (χ1) is 9.04. The van der Waals surface area contributed by atoms with Crippen LogP contribution in [0.15, 0.2) is 35.3 Å². The van der Waals surface area contributed by atoms with E-state index in [1.54, 1.807) is 0 Å². The maximum absolute atomic E-state index is 4.15. The molecule has 1 heterocycles. The Morgan fingerprint density at radius 1 is 1.21 bits per heavy atom. The molecular weight excluding hydrogens is 254 g/mol. The van der Waals surface area contributed by atoms with Crippen molar-refractivity contribution < 1.29 is 0 Å². The molecule has 0 aliphatic rings. The Balaban J connectivity index is 2.10. The molecule has 19 heavy (non-hydrogen) atoms. The van der Waals surface area contributed by atoms with Crippen LogP contribution in [-0.4, -0.2) is 34.5 Å². The van der Waals surface area contributed by atoms with Gasteiger partial charge in [0.05, 0.1) is 11.9 Å². The lowest BCUT2D eigenvalue weighted by atomic mass is 10.3. The first-order valence-electron chi connectivity index (χ1n) is 5.95. The average Bonchev–Trinajstić information content (AvgIpc) is 2.83. The lowest BCUT2D eigenvalue weighted by Crippen LogP contribution is -2.16. The van der Waals surface area contributed by atoms with E-state index in [0.29, 0.717) is 5.95 Å². The van der Waals surface area contributed by atoms with Crippen LogP contribution in [0.1, 0.15) is 0 Å². The molecule has 5 nitrogen and oxygen atoms in total. The number of aliphatic imine (C=N–C) groups is 1. The molecule has 0 bridgehead atoms. The van der Waals surface area contributed by atoms with Crippen LogP contribution in [0.5, 0.6) is 0 Å². The number of rotatable bonds is 2. The van der Waals surface area contributed by atoms with Crippen LogP contribution in [0.25, 0.3) is 5.69 Å². The predicted octanol–water partition coefficient (Wildman–Crippen LogP) is 2.25. The maximum atomic E-state index is 4.15. The van der Waals surface area contributed by atoms with E-state index in [0.717, 1.165) is 5.69 Å². The molecular formula is C13H15N5Si. The van der Waals surface area contributed by atoms with E-state index in [-0.39, 0.29) is 0 Å². The summed E-state index contributed by atoms with van der Waals surface area (Å²) in [5, 5.41) is 11.9. The molecule has 2 aromatic rings. The van der Waals surface area contributed by atoms with Crippen molar-refractivity contribution in [2.45, 2.75) is 19.6 Å². The minimum Gasteiger partial charge on any atom is -0.208 e. The van der Waals surface area contributed by atoms with E-state index in [9.17, 15) is 0 Å². The van der Waals surface area contributed by atoms with E-state index in [2.05, 4.69) is 51.5 Å². The van der Waals surface area contributed by atoms with Crippen molar-refractivity contribution >= 4 is 20.2 Å². The third-order valence-corrected chi connectivity index (χ3v) is 2.98. The van der Waals surface area contributed by atoms with Crippen molar-refractivity contribution in [2.24, 2.45) is 4.99 Å². The Kier molecular flexibility index (Phi) is 3.87. The summed E-state index contributed by atoms with van der Waals surface area (Å²) < 4.78 is 0. The minimum atomic E-state index is -1.36. The summed E-state index contributed by atoms with van der Waals surface area (Å²) >= 11 is 0. The molecule has 0 amide bonds. The van der Waals surface area contributed by atoms with Gasteiger partial charge in [-0.05, 0) is 17.3 Å². The highest BCUT2D eigenvalue weighted by molar-refractivity contribution is 6.84. The summed E-state index contributed by atoms with van der Waals surface area (Å²) in [5.74, 6) is 3.24. The number of benzene rings is 1. The van der Waals surface area contributed by atoms with Gasteiger partial charge in [-0.15, -0.1) is 15.4 Å². The molecule has 0 aliphatic carbocycles. The van der Waals surface area contributed by atoms with Crippen LogP contribution in [0, 0.1) is 11.5 Å². The van der Waals surface area contributed by atoms with Gasteiger partial charge in [-0.1, -0.05) is 48.9 Å². The zero-order chi connectivity index (χ0) is 13.7. The van der Waals surface area contributed by atoms with Crippen molar-refractivity contribution in [3.63, 3.8) is 0 Å². The van der Waals surface area contributed by atoms with Gasteiger partial charge < -0.3 is 0 Å². The summed E-state index contributed by atoms with van der Waals surface area (Å²) in [6.45, 7) is 6.54. The number of nitrogens with zero attached hydrogens (tertiary/aromatic N) is 5. The number of para-hydroxylation sites is 1. The molecule has 2 rings (SSSR count). The van der Waals surface area contributed by atoms with E-state index in [1.807, 2.05) is 30.3 Å². The smallest absolute Gasteiger partial charge is 0.208 e. The number of aromatic nitrogens is 4. The predicted molar refractivity (Wildman–Crippen MR) is 78.4 cm³/mol. The molecule has 1 aromatic heterocycles. The Bertz CT molecular complexity index is 628. The van der Waals surface area contributed by atoms with E-state index >= 15 is 0 Å². The van der Waals surface area contributed by atoms with Gasteiger partial charge in [-0.2, -0.15) is 0 Å². The van der Waals surface area contributed by atoms with Crippen LogP contribution < -0.4 is 0 Å². The fourth-order valence-electron chi connectivity index (χ4n) is 1.27. The second-order valence-electron chi connectivity index (χ2n) is 4.99. The third kappa shape index (κ3) is 4.15. The summed E-state index contributed by atoms with van der Waals surface area (Å²) in [5.41, 5.74) is 4.04. The molecule has 0 saturated carbocycles. The van der Waals surface area contributed by atoms with Gasteiger partial charge in [0.2, 0.25) is 0 Å². The topological polar surface area (TPSA) is 56.0 Å². The highest BCUT2D eigenvalue weighted by Gasteiger charge is 2.06. The van der Waals surface area contributed by atoms with Gasteiger partial charge in [0.25, 0.3) is 5.95 Å². The zero-order valence-corrected chi connectivity index (χ0v) is 12.2. The Morgan fingerprint density at radius 2 is 1.95 bits per heavy atom. The molecule has 0 atom stereocenters. The second-order valence-corrected chi connectivity index (χ2v) is 9.74. The normalized spacial score (nSPS) is 11.3. The van der Waals surface area contributed by atoms with Crippen LogP contribution in [0.4, 0.5) is 5.95 Å². The molecule has 0 unspecified atom stereocenters. The molecule has 0 saturated heterocycles. The molecule has 0 N–H and O–H groups in total. The lowest BCUT2D eigenvalue weighted by molar-refractivity contribution is 0.720. The second kappa shape index (κ2) is 5.59. The van der Waals surface area contributed by atoms with Gasteiger partial charge in [0, 0.05) is 0 Å². The fourth-order valence-corrected chi connectivity index (χ4v) is 1.77. The molecule has 0 radical (unpaired) electrons. The number of tetrazole rings is 1. The van der Waals surface area contributed by atoms with Crippen molar-refractivity contribution in [1.29, 1.82) is 0 Å². The summed E-state index contributed by atoms with van der Waals surface area (Å²) in [6, 6.07) is 9.58. The molecule has 0 fully saturated rings. The molecule has 0 aliphatic heterocycles. The zero-order valence-electron chi connectivity index (χ0n) is 11.2. The largest absolute Gasteiger partial charge is 0.290 e. The van der Waals surface area contributed by atoms with Crippen molar-refractivity contribution in [1.82, 2.24) is 20.2 Å². The van der Waals surface area contributed by atoms with Gasteiger partial charge in [0.15, 0.2) is 0 Å². The lowest BCUT2D eigenvalue weighted by Gasteiger charge is -2.01. The average molecular weight is 269 g/mol. The third-order valence-electron chi connectivity index (χ3n) is 2.08. The molecule has 1 aromatic carbocycles. The highest BCUT2D eigenvalue weighted by atomic mass is 28.3. The number of hydrogen-bond acceptors (Lipinski definition) is 4. The quantitative estimate of drug-likeness (QED) is 0.477. The molecule has 0 spiro atoms. The van der Waals surface area contributed by atoms with Crippen LogP contribution >= 0.6 is 0 Å². The highest BCUT2D eigenvalue weighted by Crippen LogP contribution is 2.05. The Labute approximate surface area is 113 Å². The Hall–Kier alpha value is -2.26. The maximum Gasteiger partial charge on any atom is 0.290 e. The summed E-state index contributed by atoms with van der Waals surface area (Å²) in [7, 11) is -1.36. The minimum absolute atomic E-state index is 0.314. The van der Waals surface area contributed by atoms with Crippen LogP contribution in [0.3, 0.4) is 0 Å². The van der Waals surface area contributed by atoms with Crippen molar-refractivity contribution in [3.8, 4) is 17.2 Å². The fraction of sp³-hybridized carbons (Fsp3) is 0.231. The number of hydrogen-bond donors (Lipinski definition) is 0. The summed E-state index contributed by atoms with van der Waals surface area (Å²) in [4.78, 5) is 5.52. The first kappa shape index (κ1) is 13.2. The SMILES string of the molecule is C[Si](C)(C)C#C/C=N\c1nnn(-c2ccccc2)n1. The van der Waals surface area contributed by atoms with Gasteiger partial charge in [-0.3, -0.25) is 0 Å². The molecule has 6 heteroatoms. The van der Waals surface area contributed by atoms with Crippen LogP contribution in [-0.2, 0) is 0 Å². The standard InChI is InChI=1S/C13H15N5Si/c1-19(2,3)11-7-10-14-13-15-17-18(16-13)12-8-5-4-6-9-12/h4-6,8-10H,1-3H3/b14-10-. The Morgan fingerprint density at radius 3 is 2.63 bits per heavy atom. The van der Waals surface area contributed by atoms with E-state index < -0.39 is 8.07 Å². The van der Waals surface area contributed by atoms with Crippen LogP contribution in [0.2, 0.25) is 19.6 Å². The van der Waals surface area contributed by atoms with Gasteiger partial charge >= 0.3 is 0 Å². The van der Waals surface area contributed by atoms with E-state index in [4.69, 9.17) is 0 Å². The monoisotopic (exact) mass is 269 g/mol. The summed E-state index contributed by atoms with van der Waals surface area (Å²) in [6.07, 6.45) is 1.53. The van der Waals surface area contributed by atoms with Crippen molar-refractivity contribution in [3.05, 3.63) is 30.3 Å².